The molecule has 0 bridgehead atoms. The van der Waals surface area contributed by atoms with Crippen molar-refractivity contribution in [1.82, 2.24) is 10.2 Å². The summed E-state index contributed by atoms with van der Waals surface area (Å²) in [5, 5.41) is 3.63. The predicted octanol–water partition coefficient (Wildman–Crippen LogP) is 3.03. The highest BCUT2D eigenvalue weighted by molar-refractivity contribution is 4.92. The molecule has 0 amide bonds. The van der Waals surface area contributed by atoms with E-state index in [1.165, 1.54) is 51.6 Å². The number of nitrogens with one attached hydrogen (secondary N) is 1. The number of hydrogen-bond acceptors (Lipinski definition) is 2. The van der Waals surface area contributed by atoms with E-state index in [0.29, 0.717) is 6.04 Å². The van der Waals surface area contributed by atoms with Crippen molar-refractivity contribution in [3.63, 3.8) is 0 Å². The van der Waals surface area contributed by atoms with Crippen LogP contribution < -0.4 is 5.32 Å². The van der Waals surface area contributed by atoms with E-state index in [0.717, 1.165) is 18.0 Å². The number of fused-ring (bicyclic) bond motifs is 1. The van der Waals surface area contributed by atoms with E-state index in [9.17, 15) is 0 Å². The van der Waals surface area contributed by atoms with E-state index < -0.39 is 0 Å². The van der Waals surface area contributed by atoms with Gasteiger partial charge in [0, 0.05) is 24.7 Å². The predicted molar refractivity (Wildman–Crippen MR) is 74.3 cm³/mol. The fourth-order valence-corrected chi connectivity index (χ4v) is 3.81. The van der Waals surface area contributed by atoms with Gasteiger partial charge >= 0.3 is 0 Å². The quantitative estimate of drug-likeness (QED) is 0.792. The lowest BCUT2D eigenvalue weighted by Gasteiger charge is -2.43. The lowest BCUT2D eigenvalue weighted by atomic mass is 9.90. The minimum absolute atomic E-state index is 0.619. The fourth-order valence-electron chi connectivity index (χ4n) is 3.81. The number of piperidine rings is 1. The molecule has 2 rings (SSSR count). The van der Waals surface area contributed by atoms with Crippen molar-refractivity contribution in [2.24, 2.45) is 5.92 Å². The van der Waals surface area contributed by atoms with E-state index >= 15 is 0 Å². The monoisotopic (exact) mass is 238 g/mol. The summed E-state index contributed by atoms with van der Waals surface area (Å²) in [5.74, 6) is 1.02. The van der Waals surface area contributed by atoms with Crippen LogP contribution in [0.15, 0.2) is 0 Å². The van der Waals surface area contributed by atoms with Crippen molar-refractivity contribution in [3.8, 4) is 0 Å². The van der Waals surface area contributed by atoms with E-state index in [1.54, 1.807) is 0 Å². The van der Waals surface area contributed by atoms with Gasteiger partial charge < -0.3 is 5.32 Å². The average molecular weight is 238 g/mol. The molecule has 100 valence electrons. The zero-order valence-electron chi connectivity index (χ0n) is 11.9. The molecule has 2 heteroatoms. The van der Waals surface area contributed by atoms with Gasteiger partial charge in [0.1, 0.15) is 0 Å². The molecule has 1 aliphatic carbocycles. The van der Waals surface area contributed by atoms with Gasteiger partial charge in [0.15, 0.2) is 0 Å². The summed E-state index contributed by atoms with van der Waals surface area (Å²) in [6.07, 6.45) is 8.65. The molecule has 0 aromatic heterocycles. The summed E-state index contributed by atoms with van der Waals surface area (Å²) in [6.45, 7) is 9.38. The molecule has 0 aromatic carbocycles. The maximum absolute atomic E-state index is 3.63. The Balaban J connectivity index is 1.92. The van der Waals surface area contributed by atoms with Crippen LogP contribution in [0.5, 0.6) is 0 Å². The van der Waals surface area contributed by atoms with E-state index in [-0.39, 0.29) is 0 Å². The number of hydrogen-bond donors (Lipinski definition) is 1. The Morgan fingerprint density at radius 3 is 2.65 bits per heavy atom. The molecule has 0 aromatic rings. The molecule has 2 nitrogen and oxygen atoms in total. The van der Waals surface area contributed by atoms with Crippen molar-refractivity contribution in [3.05, 3.63) is 0 Å². The van der Waals surface area contributed by atoms with Crippen LogP contribution in [0.2, 0.25) is 0 Å². The first kappa shape index (κ1) is 13.4. The normalized spacial score (nSPS) is 31.8. The molecule has 1 saturated heterocycles. The zero-order valence-corrected chi connectivity index (χ0v) is 11.9. The molecule has 1 saturated carbocycles. The van der Waals surface area contributed by atoms with Gasteiger partial charge in [0.05, 0.1) is 0 Å². The Morgan fingerprint density at radius 2 is 1.94 bits per heavy atom. The van der Waals surface area contributed by atoms with Crippen LogP contribution in [-0.2, 0) is 0 Å². The lowest BCUT2D eigenvalue weighted by molar-refractivity contribution is 0.0640. The molecule has 2 fully saturated rings. The number of nitrogens with zero attached hydrogens (tertiary/aromatic N) is 1. The Morgan fingerprint density at radius 1 is 1.18 bits per heavy atom. The first-order valence-corrected chi connectivity index (χ1v) is 7.71. The minimum Gasteiger partial charge on any atom is -0.313 e. The maximum Gasteiger partial charge on any atom is 0.0221 e. The van der Waals surface area contributed by atoms with Gasteiger partial charge in [-0.1, -0.05) is 27.2 Å². The third-order valence-corrected chi connectivity index (χ3v) is 4.74. The third kappa shape index (κ3) is 3.23. The van der Waals surface area contributed by atoms with Crippen molar-refractivity contribution in [2.75, 3.05) is 13.1 Å². The van der Waals surface area contributed by atoms with Gasteiger partial charge in [-0.2, -0.15) is 0 Å². The Labute approximate surface area is 107 Å². The standard InChI is InChI=1S/C15H30N2/c1-4-14(11-16-12(2)3)17-10-6-8-13-7-5-9-15(13)17/h12-16H,4-11H2,1-3H3. The smallest absolute Gasteiger partial charge is 0.0221 e. The molecular formula is C15H30N2. The molecular weight excluding hydrogens is 208 g/mol. The summed E-state index contributed by atoms with van der Waals surface area (Å²) >= 11 is 0. The summed E-state index contributed by atoms with van der Waals surface area (Å²) in [7, 11) is 0. The van der Waals surface area contributed by atoms with Crippen molar-refractivity contribution < 1.29 is 0 Å². The van der Waals surface area contributed by atoms with Gasteiger partial charge in [-0.15, -0.1) is 0 Å². The molecule has 1 N–H and O–H groups in total. The number of rotatable bonds is 5. The van der Waals surface area contributed by atoms with Crippen molar-refractivity contribution in [1.29, 1.82) is 0 Å². The van der Waals surface area contributed by atoms with E-state index in [1.807, 2.05) is 0 Å². The van der Waals surface area contributed by atoms with Gasteiger partial charge in [-0.25, -0.2) is 0 Å². The largest absolute Gasteiger partial charge is 0.313 e. The summed E-state index contributed by atoms with van der Waals surface area (Å²) in [6, 6.07) is 2.30. The third-order valence-electron chi connectivity index (χ3n) is 4.74. The molecule has 2 aliphatic rings. The van der Waals surface area contributed by atoms with Crippen LogP contribution in [0, 0.1) is 5.92 Å². The highest BCUT2D eigenvalue weighted by atomic mass is 15.2. The Kier molecular flexibility index (Phi) is 4.87. The second kappa shape index (κ2) is 6.19. The molecule has 17 heavy (non-hydrogen) atoms. The van der Waals surface area contributed by atoms with Crippen LogP contribution in [0.1, 0.15) is 59.3 Å². The van der Waals surface area contributed by atoms with Gasteiger partial charge in [-0.05, 0) is 44.6 Å². The SMILES string of the molecule is CCC(CNC(C)C)N1CCCC2CCCC21. The first-order valence-electron chi connectivity index (χ1n) is 7.71. The molecule has 1 aliphatic heterocycles. The van der Waals surface area contributed by atoms with Crippen LogP contribution in [0.4, 0.5) is 0 Å². The second-order valence-electron chi connectivity index (χ2n) is 6.26. The molecule has 1 heterocycles. The van der Waals surface area contributed by atoms with Gasteiger partial charge in [-0.3, -0.25) is 4.90 Å². The Hall–Kier alpha value is -0.0800. The second-order valence-corrected chi connectivity index (χ2v) is 6.26. The molecule has 3 unspecified atom stereocenters. The zero-order chi connectivity index (χ0) is 12.3. The summed E-state index contributed by atoms with van der Waals surface area (Å²) < 4.78 is 0. The van der Waals surface area contributed by atoms with E-state index in [2.05, 4.69) is 31.0 Å². The number of likely N-dealkylation sites (tertiary alicyclic amines) is 1. The average Bonchev–Trinajstić information content (AvgIpc) is 2.78. The van der Waals surface area contributed by atoms with Crippen LogP contribution in [0.3, 0.4) is 0 Å². The van der Waals surface area contributed by atoms with Crippen LogP contribution in [0.25, 0.3) is 0 Å². The molecule has 0 radical (unpaired) electrons. The Bertz CT molecular complexity index is 227. The van der Waals surface area contributed by atoms with Crippen molar-refractivity contribution >= 4 is 0 Å². The van der Waals surface area contributed by atoms with Gasteiger partial charge in [0.2, 0.25) is 0 Å². The highest BCUT2D eigenvalue weighted by Crippen LogP contribution is 2.37. The van der Waals surface area contributed by atoms with Crippen LogP contribution >= 0.6 is 0 Å². The molecule has 0 spiro atoms. The summed E-state index contributed by atoms with van der Waals surface area (Å²) in [4.78, 5) is 2.84. The maximum atomic E-state index is 3.63. The first-order chi connectivity index (χ1) is 8.22. The van der Waals surface area contributed by atoms with Gasteiger partial charge in [0.25, 0.3) is 0 Å². The van der Waals surface area contributed by atoms with Crippen molar-refractivity contribution in [2.45, 2.75) is 77.4 Å². The summed E-state index contributed by atoms with van der Waals surface area (Å²) in [5.41, 5.74) is 0. The van der Waals surface area contributed by atoms with Crippen LogP contribution in [-0.4, -0.2) is 36.1 Å². The molecule has 3 atom stereocenters. The topological polar surface area (TPSA) is 15.3 Å². The fraction of sp³-hybridized carbons (Fsp3) is 1.00. The lowest BCUT2D eigenvalue weighted by Crippen LogP contribution is -2.52. The minimum atomic E-state index is 0.619. The van der Waals surface area contributed by atoms with E-state index in [4.69, 9.17) is 0 Å². The highest BCUT2D eigenvalue weighted by Gasteiger charge is 2.37.